The van der Waals surface area contributed by atoms with Crippen LogP contribution in [0.2, 0.25) is 0 Å². The SMILES string of the molecule is O=C1CC(NCC2CCC(C(=O)O)CC2)C(=O)O1. The fraction of sp³-hybridized carbons (Fsp3) is 0.750. The lowest BCUT2D eigenvalue weighted by molar-refractivity contribution is -0.152. The molecule has 2 rings (SSSR count). The van der Waals surface area contributed by atoms with E-state index < -0.39 is 23.9 Å². The first kappa shape index (κ1) is 13.0. The molecule has 1 aliphatic carbocycles. The summed E-state index contributed by atoms with van der Waals surface area (Å²) in [5.41, 5.74) is 0. The second-order valence-corrected chi connectivity index (χ2v) is 5.01. The van der Waals surface area contributed by atoms with Crippen LogP contribution >= 0.6 is 0 Å². The molecule has 0 aromatic heterocycles. The number of hydrogen-bond acceptors (Lipinski definition) is 5. The Kier molecular flexibility index (Phi) is 3.96. The molecule has 1 unspecified atom stereocenters. The molecule has 2 N–H and O–H groups in total. The van der Waals surface area contributed by atoms with E-state index >= 15 is 0 Å². The van der Waals surface area contributed by atoms with Crippen molar-refractivity contribution in [3.8, 4) is 0 Å². The normalized spacial score (nSPS) is 32.3. The first-order chi connectivity index (χ1) is 8.56. The largest absolute Gasteiger partial charge is 0.481 e. The van der Waals surface area contributed by atoms with Gasteiger partial charge >= 0.3 is 17.9 Å². The molecule has 0 spiro atoms. The van der Waals surface area contributed by atoms with Crippen LogP contribution < -0.4 is 5.32 Å². The van der Waals surface area contributed by atoms with Gasteiger partial charge in [0.2, 0.25) is 0 Å². The van der Waals surface area contributed by atoms with E-state index in [1.807, 2.05) is 0 Å². The van der Waals surface area contributed by atoms with Gasteiger partial charge in [0.25, 0.3) is 0 Å². The minimum Gasteiger partial charge on any atom is -0.481 e. The third-order valence-corrected chi connectivity index (χ3v) is 3.72. The molecule has 1 aliphatic heterocycles. The Morgan fingerprint density at radius 1 is 1.28 bits per heavy atom. The second kappa shape index (κ2) is 5.48. The van der Waals surface area contributed by atoms with Gasteiger partial charge in [-0.3, -0.25) is 9.59 Å². The Labute approximate surface area is 105 Å². The minimum atomic E-state index is -0.716. The van der Waals surface area contributed by atoms with Gasteiger partial charge in [0.1, 0.15) is 6.04 Å². The highest BCUT2D eigenvalue weighted by Crippen LogP contribution is 2.28. The number of carbonyl (C=O) groups is 3. The third kappa shape index (κ3) is 3.07. The smallest absolute Gasteiger partial charge is 0.331 e. The number of rotatable bonds is 4. The summed E-state index contributed by atoms with van der Waals surface area (Å²) in [5.74, 6) is -1.54. The summed E-state index contributed by atoms with van der Waals surface area (Å²) in [7, 11) is 0. The zero-order chi connectivity index (χ0) is 13.1. The van der Waals surface area contributed by atoms with E-state index in [1.54, 1.807) is 0 Å². The fourth-order valence-corrected chi connectivity index (χ4v) is 2.55. The van der Waals surface area contributed by atoms with Gasteiger partial charge in [0.15, 0.2) is 0 Å². The van der Waals surface area contributed by atoms with Crippen molar-refractivity contribution in [2.24, 2.45) is 11.8 Å². The number of cyclic esters (lactones) is 2. The molecule has 0 aromatic carbocycles. The maximum atomic E-state index is 11.2. The van der Waals surface area contributed by atoms with E-state index in [2.05, 4.69) is 10.1 Å². The molecule has 0 bridgehead atoms. The average Bonchev–Trinajstić information content (AvgIpc) is 2.66. The molecule has 2 fully saturated rings. The van der Waals surface area contributed by atoms with E-state index in [9.17, 15) is 14.4 Å². The molecule has 1 heterocycles. The lowest BCUT2D eigenvalue weighted by Crippen LogP contribution is -2.38. The zero-order valence-corrected chi connectivity index (χ0v) is 10.1. The number of esters is 2. The Balaban J connectivity index is 1.71. The molecule has 0 amide bonds. The summed E-state index contributed by atoms with van der Waals surface area (Å²) in [4.78, 5) is 32.9. The van der Waals surface area contributed by atoms with Crippen LogP contribution in [0.25, 0.3) is 0 Å². The van der Waals surface area contributed by atoms with Gasteiger partial charge in [-0.25, -0.2) is 4.79 Å². The molecule has 2 aliphatic rings. The van der Waals surface area contributed by atoms with Crippen LogP contribution in [0.4, 0.5) is 0 Å². The van der Waals surface area contributed by atoms with Crippen molar-refractivity contribution in [3.05, 3.63) is 0 Å². The van der Waals surface area contributed by atoms with Crippen molar-refractivity contribution in [2.45, 2.75) is 38.1 Å². The number of carboxylic acid groups (broad SMARTS) is 1. The fourth-order valence-electron chi connectivity index (χ4n) is 2.55. The number of carboxylic acids is 1. The first-order valence-corrected chi connectivity index (χ1v) is 6.27. The highest BCUT2D eigenvalue weighted by molar-refractivity contribution is 5.96. The van der Waals surface area contributed by atoms with Gasteiger partial charge in [-0.1, -0.05) is 0 Å². The lowest BCUT2D eigenvalue weighted by Gasteiger charge is -2.26. The van der Waals surface area contributed by atoms with Crippen LogP contribution in [-0.4, -0.2) is 35.6 Å². The minimum absolute atomic E-state index is 0.101. The Hall–Kier alpha value is -1.43. The Morgan fingerprint density at radius 2 is 1.94 bits per heavy atom. The van der Waals surface area contributed by atoms with E-state index in [0.717, 1.165) is 12.8 Å². The maximum Gasteiger partial charge on any atom is 0.331 e. The Bertz CT molecular complexity index is 359. The van der Waals surface area contributed by atoms with Gasteiger partial charge in [-0.2, -0.15) is 0 Å². The molecule has 100 valence electrons. The predicted molar refractivity (Wildman–Crippen MR) is 60.6 cm³/mol. The van der Waals surface area contributed by atoms with Crippen molar-refractivity contribution in [1.82, 2.24) is 5.32 Å². The number of aliphatic carboxylic acids is 1. The summed E-state index contributed by atoms with van der Waals surface area (Å²) in [6, 6.07) is -0.519. The molecule has 1 saturated heterocycles. The van der Waals surface area contributed by atoms with Crippen LogP contribution in [0.1, 0.15) is 32.1 Å². The zero-order valence-electron chi connectivity index (χ0n) is 10.1. The highest BCUT2D eigenvalue weighted by Gasteiger charge is 2.34. The molecule has 0 aromatic rings. The highest BCUT2D eigenvalue weighted by atomic mass is 16.6. The summed E-state index contributed by atoms with van der Waals surface area (Å²) < 4.78 is 4.44. The molecule has 6 heteroatoms. The number of hydrogen-bond donors (Lipinski definition) is 2. The van der Waals surface area contributed by atoms with Crippen LogP contribution in [0.15, 0.2) is 0 Å². The van der Waals surface area contributed by atoms with E-state index in [-0.39, 0.29) is 12.3 Å². The molecule has 1 atom stereocenters. The van der Waals surface area contributed by atoms with Crippen molar-refractivity contribution in [2.75, 3.05) is 6.54 Å². The molecule has 6 nitrogen and oxygen atoms in total. The average molecular weight is 255 g/mol. The van der Waals surface area contributed by atoms with Gasteiger partial charge < -0.3 is 15.2 Å². The van der Waals surface area contributed by atoms with Gasteiger partial charge in [0.05, 0.1) is 12.3 Å². The van der Waals surface area contributed by atoms with Crippen LogP contribution in [-0.2, 0) is 19.1 Å². The van der Waals surface area contributed by atoms with E-state index in [4.69, 9.17) is 5.11 Å². The maximum absolute atomic E-state index is 11.2. The number of ether oxygens (including phenoxy) is 1. The summed E-state index contributed by atoms with van der Waals surface area (Å²) in [5, 5.41) is 11.9. The first-order valence-electron chi connectivity index (χ1n) is 6.27. The van der Waals surface area contributed by atoms with Gasteiger partial charge in [0, 0.05) is 0 Å². The number of carbonyl (C=O) groups excluding carboxylic acids is 2. The summed E-state index contributed by atoms with van der Waals surface area (Å²) in [6.45, 7) is 0.638. The van der Waals surface area contributed by atoms with Crippen molar-refractivity contribution in [1.29, 1.82) is 0 Å². The quantitative estimate of drug-likeness (QED) is 0.554. The van der Waals surface area contributed by atoms with Crippen LogP contribution in [0, 0.1) is 11.8 Å². The van der Waals surface area contributed by atoms with Crippen molar-refractivity contribution >= 4 is 17.9 Å². The molecular weight excluding hydrogens is 238 g/mol. The predicted octanol–water partition coefficient (Wildman–Crippen LogP) is 0.309. The van der Waals surface area contributed by atoms with Gasteiger partial charge in [-0.15, -0.1) is 0 Å². The summed E-state index contributed by atoms with van der Waals surface area (Å²) >= 11 is 0. The lowest BCUT2D eigenvalue weighted by atomic mass is 9.82. The van der Waals surface area contributed by atoms with Crippen molar-refractivity contribution in [3.63, 3.8) is 0 Å². The van der Waals surface area contributed by atoms with Crippen LogP contribution in [0.5, 0.6) is 0 Å². The third-order valence-electron chi connectivity index (χ3n) is 3.72. The molecule has 0 radical (unpaired) electrons. The molecule has 18 heavy (non-hydrogen) atoms. The number of nitrogens with one attached hydrogen (secondary N) is 1. The van der Waals surface area contributed by atoms with E-state index in [1.165, 1.54) is 0 Å². The topological polar surface area (TPSA) is 92.7 Å². The van der Waals surface area contributed by atoms with Crippen molar-refractivity contribution < 1.29 is 24.2 Å². The Morgan fingerprint density at radius 3 is 2.44 bits per heavy atom. The van der Waals surface area contributed by atoms with Gasteiger partial charge in [-0.05, 0) is 38.1 Å². The second-order valence-electron chi connectivity index (χ2n) is 5.01. The van der Waals surface area contributed by atoms with E-state index in [0.29, 0.717) is 25.3 Å². The molecular formula is C12H17NO5. The monoisotopic (exact) mass is 255 g/mol. The summed E-state index contributed by atoms with van der Waals surface area (Å²) in [6.07, 6.45) is 3.17. The van der Waals surface area contributed by atoms with Crippen LogP contribution in [0.3, 0.4) is 0 Å². The molecule has 1 saturated carbocycles. The standard InChI is InChI=1S/C12H17NO5/c14-10-5-9(12(17)18-10)13-6-7-1-3-8(4-2-7)11(15)16/h7-9,13H,1-6H2,(H,15,16).